The molecule has 1 unspecified atom stereocenters. The Kier molecular flexibility index (Phi) is 3.76. The monoisotopic (exact) mass is 253 g/mol. The van der Waals surface area contributed by atoms with Gasteiger partial charge in [-0.2, -0.15) is 0 Å². The van der Waals surface area contributed by atoms with E-state index < -0.39 is 0 Å². The summed E-state index contributed by atoms with van der Waals surface area (Å²) in [5.41, 5.74) is 2.55. The second-order valence-corrected chi connectivity index (χ2v) is 5.83. The van der Waals surface area contributed by atoms with Crippen LogP contribution in [0.2, 0.25) is 5.02 Å². The Balaban J connectivity index is 2.00. The first-order valence-electron chi connectivity index (χ1n) is 6.08. The molecule has 0 amide bonds. The average Bonchev–Trinajstić information content (AvgIpc) is 2.27. The lowest BCUT2D eigenvalue weighted by atomic mass is 9.99. The smallest absolute Gasteiger partial charge is 0.0740 e. The van der Waals surface area contributed by atoms with Crippen LogP contribution >= 0.6 is 11.6 Å². The SMILES string of the molecule is Cc1c(Cl)cccc1CC1CNC(C)(C)CO1. The highest BCUT2D eigenvalue weighted by molar-refractivity contribution is 6.31. The molecule has 1 aromatic rings. The van der Waals surface area contributed by atoms with Crippen LogP contribution in [-0.2, 0) is 11.2 Å². The molecule has 1 aromatic carbocycles. The summed E-state index contributed by atoms with van der Waals surface area (Å²) in [4.78, 5) is 0. The molecule has 0 bridgehead atoms. The number of morpholine rings is 1. The number of ether oxygens (including phenoxy) is 1. The highest BCUT2D eigenvalue weighted by Crippen LogP contribution is 2.22. The van der Waals surface area contributed by atoms with Crippen molar-refractivity contribution in [3.63, 3.8) is 0 Å². The maximum atomic E-state index is 6.12. The molecule has 0 radical (unpaired) electrons. The molecule has 0 saturated carbocycles. The summed E-state index contributed by atoms with van der Waals surface area (Å²) in [6, 6.07) is 6.07. The fraction of sp³-hybridized carbons (Fsp3) is 0.571. The van der Waals surface area contributed by atoms with Crippen molar-refractivity contribution in [1.29, 1.82) is 0 Å². The van der Waals surface area contributed by atoms with E-state index in [1.165, 1.54) is 11.1 Å². The van der Waals surface area contributed by atoms with Crippen LogP contribution in [0.4, 0.5) is 0 Å². The Hall–Kier alpha value is -0.570. The summed E-state index contributed by atoms with van der Waals surface area (Å²) in [5, 5.41) is 4.34. The lowest BCUT2D eigenvalue weighted by Gasteiger charge is -2.36. The molecule has 1 aliphatic heterocycles. The summed E-state index contributed by atoms with van der Waals surface area (Å²) in [5.74, 6) is 0. The van der Waals surface area contributed by atoms with Crippen LogP contribution in [-0.4, -0.2) is 24.8 Å². The molecule has 1 N–H and O–H groups in total. The molecule has 94 valence electrons. The van der Waals surface area contributed by atoms with E-state index in [1.807, 2.05) is 12.1 Å². The number of nitrogens with one attached hydrogen (secondary N) is 1. The van der Waals surface area contributed by atoms with Crippen molar-refractivity contribution >= 4 is 11.6 Å². The first-order chi connectivity index (χ1) is 7.98. The Bertz CT molecular complexity index is 393. The third kappa shape index (κ3) is 3.21. The fourth-order valence-electron chi connectivity index (χ4n) is 2.08. The predicted molar refractivity (Wildman–Crippen MR) is 71.7 cm³/mol. The molecular weight excluding hydrogens is 234 g/mol. The van der Waals surface area contributed by atoms with Crippen molar-refractivity contribution in [3.05, 3.63) is 34.3 Å². The highest BCUT2D eigenvalue weighted by Gasteiger charge is 2.26. The van der Waals surface area contributed by atoms with Crippen molar-refractivity contribution in [2.45, 2.75) is 38.8 Å². The fourth-order valence-corrected chi connectivity index (χ4v) is 2.27. The van der Waals surface area contributed by atoms with Crippen LogP contribution in [0.3, 0.4) is 0 Å². The van der Waals surface area contributed by atoms with Gasteiger partial charge in [-0.1, -0.05) is 23.7 Å². The van der Waals surface area contributed by atoms with E-state index in [2.05, 4.69) is 32.2 Å². The third-order valence-electron chi connectivity index (χ3n) is 3.32. The molecule has 3 heteroatoms. The molecule has 0 aromatic heterocycles. The summed E-state index contributed by atoms with van der Waals surface area (Å²) in [6.07, 6.45) is 1.18. The zero-order valence-electron chi connectivity index (χ0n) is 10.7. The van der Waals surface area contributed by atoms with E-state index in [-0.39, 0.29) is 11.6 Å². The second kappa shape index (κ2) is 4.97. The molecule has 2 nitrogen and oxygen atoms in total. The summed E-state index contributed by atoms with van der Waals surface area (Å²) in [7, 11) is 0. The molecule has 0 spiro atoms. The summed E-state index contributed by atoms with van der Waals surface area (Å²) >= 11 is 6.12. The zero-order valence-corrected chi connectivity index (χ0v) is 11.5. The molecule has 1 fully saturated rings. The lowest BCUT2D eigenvalue weighted by molar-refractivity contribution is -0.0207. The van der Waals surface area contributed by atoms with Crippen LogP contribution in [0.1, 0.15) is 25.0 Å². The van der Waals surface area contributed by atoms with Gasteiger partial charge in [-0.3, -0.25) is 0 Å². The van der Waals surface area contributed by atoms with Gasteiger partial charge in [-0.05, 0) is 38.0 Å². The molecule has 1 atom stereocenters. The van der Waals surface area contributed by atoms with Gasteiger partial charge in [-0.25, -0.2) is 0 Å². The predicted octanol–water partition coefficient (Wildman–Crippen LogP) is 2.96. The van der Waals surface area contributed by atoms with Crippen molar-refractivity contribution in [1.82, 2.24) is 5.32 Å². The minimum Gasteiger partial charge on any atom is -0.375 e. The van der Waals surface area contributed by atoms with Crippen molar-refractivity contribution in [2.24, 2.45) is 0 Å². The van der Waals surface area contributed by atoms with Gasteiger partial charge in [0.1, 0.15) is 0 Å². The van der Waals surface area contributed by atoms with E-state index in [1.54, 1.807) is 0 Å². The average molecular weight is 254 g/mol. The van der Waals surface area contributed by atoms with Gasteiger partial charge < -0.3 is 10.1 Å². The van der Waals surface area contributed by atoms with Crippen molar-refractivity contribution in [2.75, 3.05) is 13.2 Å². The maximum absolute atomic E-state index is 6.12. The first-order valence-corrected chi connectivity index (χ1v) is 6.46. The number of hydrogen-bond donors (Lipinski definition) is 1. The van der Waals surface area contributed by atoms with Gasteiger partial charge in [0.15, 0.2) is 0 Å². The van der Waals surface area contributed by atoms with Crippen LogP contribution in [0.5, 0.6) is 0 Å². The normalized spacial score (nSPS) is 23.6. The van der Waals surface area contributed by atoms with Gasteiger partial charge in [0.2, 0.25) is 0 Å². The van der Waals surface area contributed by atoms with E-state index in [0.717, 1.165) is 24.6 Å². The van der Waals surface area contributed by atoms with Crippen LogP contribution in [0.15, 0.2) is 18.2 Å². The van der Waals surface area contributed by atoms with Crippen LogP contribution in [0.25, 0.3) is 0 Å². The minimum absolute atomic E-state index is 0.0971. The molecular formula is C14H20ClNO. The second-order valence-electron chi connectivity index (χ2n) is 5.43. The number of benzene rings is 1. The summed E-state index contributed by atoms with van der Waals surface area (Å²) < 4.78 is 5.89. The molecule has 0 aliphatic carbocycles. The molecule has 17 heavy (non-hydrogen) atoms. The van der Waals surface area contributed by atoms with E-state index in [0.29, 0.717) is 0 Å². The molecule has 2 rings (SSSR count). The topological polar surface area (TPSA) is 21.3 Å². The Labute approximate surface area is 108 Å². The molecule has 1 heterocycles. The van der Waals surface area contributed by atoms with Gasteiger partial charge in [0.05, 0.1) is 12.7 Å². The highest BCUT2D eigenvalue weighted by atomic mass is 35.5. The number of hydrogen-bond acceptors (Lipinski definition) is 2. The molecule has 1 saturated heterocycles. The Morgan fingerprint density at radius 2 is 2.24 bits per heavy atom. The third-order valence-corrected chi connectivity index (χ3v) is 3.73. The van der Waals surface area contributed by atoms with Crippen LogP contribution < -0.4 is 5.32 Å². The minimum atomic E-state index is 0.0971. The van der Waals surface area contributed by atoms with Gasteiger partial charge in [0, 0.05) is 23.5 Å². The van der Waals surface area contributed by atoms with E-state index in [4.69, 9.17) is 16.3 Å². The van der Waals surface area contributed by atoms with Gasteiger partial charge >= 0.3 is 0 Å². The van der Waals surface area contributed by atoms with Crippen LogP contribution in [0, 0.1) is 6.92 Å². The van der Waals surface area contributed by atoms with Gasteiger partial charge in [0.25, 0.3) is 0 Å². The van der Waals surface area contributed by atoms with Crippen molar-refractivity contribution < 1.29 is 4.74 Å². The van der Waals surface area contributed by atoms with Crippen molar-refractivity contribution in [3.8, 4) is 0 Å². The quantitative estimate of drug-likeness (QED) is 0.875. The first kappa shape index (κ1) is 12.9. The standard InChI is InChI=1S/C14H20ClNO/c1-10-11(5-4-6-13(10)15)7-12-8-16-14(2,3)9-17-12/h4-6,12,16H,7-9H2,1-3H3. The lowest BCUT2D eigenvalue weighted by Crippen LogP contribution is -2.53. The Morgan fingerprint density at radius 3 is 2.88 bits per heavy atom. The molecule has 1 aliphatic rings. The number of halogens is 1. The van der Waals surface area contributed by atoms with E-state index >= 15 is 0 Å². The number of rotatable bonds is 2. The maximum Gasteiger partial charge on any atom is 0.0740 e. The largest absolute Gasteiger partial charge is 0.375 e. The van der Waals surface area contributed by atoms with Gasteiger partial charge in [-0.15, -0.1) is 0 Å². The Morgan fingerprint density at radius 1 is 1.47 bits per heavy atom. The van der Waals surface area contributed by atoms with E-state index in [9.17, 15) is 0 Å². The summed E-state index contributed by atoms with van der Waals surface area (Å²) in [6.45, 7) is 8.05. The zero-order chi connectivity index (χ0) is 12.5.